The summed E-state index contributed by atoms with van der Waals surface area (Å²) < 4.78 is 14.8. The van der Waals surface area contributed by atoms with Crippen LogP contribution >= 0.6 is 0 Å². The van der Waals surface area contributed by atoms with Crippen LogP contribution in [0.15, 0.2) is 48.5 Å². The Hall–Kier alpha value is -3.86. The van der Waals surface area contributed by atoms with Gasteiger partial charge in [-0.25, -0.2) is 13.9 Å². The molecule has 3 unspecified atom stereocenters. The lowest BCUT2D eigenvalue weighted by molar-refractivity contribution is -0.121. The van der Waals surface area contributed by atoms with Gasteiger partial charge in [0.1, 0.15) is 5.82 Å². The Morgan fingerprint density at radius 1 is 1.12 bits per heavy atom. The standard InChI is InChI=1S/C29H39FN8O2/c1-4-27(39)31-25-14-15-26(22(18-25)19-37(2)16-6-7-20-10-12-23(30)13-11-20)33-29(40)32-24-9-5-8-21(17-24)28-34-35-36-38(28)3/h5,8-13,17,22,25-26H,4,6-7,14-16,18-19H2,1-3H3,(H,31,39)(H2,32,33,40). The van der Waals surface area contributed by atoms with Crippen LogP contribution in [0.2, 0.25) is 0 Å². The number of carbonyl (C=O) groups excluding carboxylic acids is 2. The number of nitrogens with zero attached hydrogens (tertiary/aromatic N) is 5. The molecule has 0 saturated heterocycles. The highest BCUT2D eigenvalue weighted by Crippen LogP contribution is 2.27. The largest absolute Gasteiger partial charge is 0.353 e. The number of hydrogen-bond donors (Lipinski definition) is 3. The maximum atomic E-state index is 13.2. The Balaban J connectivity index is 1.35. The topological polar surface area (TPSA) is 117 Å². The van der Waals surface area contributed by atoms with E-state index in [2.05, 4.69) is 43.4 Å². The highest BCUT2D eigenvalue weighted by molar-refractivity contribution is 5.90. The van der Waals surface area contributed by atoms with E-state index in [1.807, 2.05) is 43.3 Å². The van der Waals surface area contributed by atoms with Crippen LogP contribution in [0.3, 0.4) is 0 Å². The first-order chi connectivity index (χ1) is 19.3. The molecule has 3 amide bonds. The van der Waals surface area contributed by atoms with Gasteiger partial charge in [-0.2, -0.15) is 0 Å². The summed E-state index contributed by atoms with van der Waals surface area (Å²) >= 11 is 0. The van der Waals surface area contributed by atoms with E-state index in [0.29, 0.717) is 17.9 Å². The fourth-order valence-electron chi connectivity index (χ4n) is 5.36. The number of hydrogen-bond acceptors (Lipinski definition) is 6. The summed E-state index contributed by atoms with van der Waals surface area (Å²) in [7, 11) is 3.85. The second-order valence-corrected chi connectivity index (χ2v) is 10.6. The first kappa shape index (κ1) is 29.1. The van der Waals surface area contributed by atoms with Gasteiger partial charge >= 0.3 is 6.03 Å². The molecule has 11 heteroatoms. The van der Waals surface area contributed by atoms with E-state index in [1.165, 1.54) is 12.1 Å². The summed E-state index contributed by atoms with van der Waals surface area (Å²) in [6, 6.07) is 13.9. The van der Waals surface area contributed by atoms with Crippen molar-refractivity contribution in [2.24, 2.45) is 13.0 Å². The number of benzene rings is 2. The fourth-order valence-corrected chi connectivity index (χ4v) is 5.36. The molecule has 1 aromatic heterocycles. The van der Waals surface area contributed by atoms with E-state index in [4.69, 9.17) is 0 Å². The van der Waals surface area contributed by atoms with E-state index < -0.39 is 0 Å². The Labute approximate surface area is 234 Å². The predicted octanol–water partition coefficient (Wildman–Crippen LogP) is 3.77. The lowest BCUT2D eigenvalue weighted by atomic mass is 9.81. The third kappa shape index (κ3) is 8.32. The molecule has 214 valence electrons. The van der Waals surface area contributed by atoms with Crippen LogP contribution in [0.1, 0.15) is 44.6 Å². The van der Waals surface area contributed by atoms with E-state index >= 15 is 0 Å². The zero-order chi connectivity index (χ0) is 28.5. The minimum absolute atomic E-state index is 0.0274. The Bertz CT molecular complexity index is 1260. The monoisotopic (exact) mass is 550 g/mol. The normalized spacial score (nSPS) is 18.9. The number of tetrazole rings is 1. The molecule has 3 aromatic rings. The summed E-state index contributed by atoms with van der Waals surface area (Å²) in [6.07, 6.45) is 4.67. The summed E-state index contributed by atoms with van der Waals surface area (Å²) in [4.78, 5) is 27.4. The zero-order valence-corrected chi connectivity index (χ0v) is 23.4. The predicted molar refractivity (Wildman–Crippen MR) is 152 cm³/mol. The van der Waals surface area contributed by atoms with Crippen LogP contribution < -0.4 is 16.0 Å². The van der Waals surface area contributed by atoms with Crippen molar-refractivity contribution < 1.29 is 14.0 Å². The van der Waals surface area contributed by atoms with Gasteiger partial charge in [-0.3, -0.25) is 4.79 Å². The average molecular weight is 551 g/mol. The number of aromatic nitrogens is 4. The van der Waals surface area contributed by atoms with Gasteiger partial charge in [-0.05, 0) is 91.9 Å². The van der Waals surface area contributed by atoms with Gasteiger partial charge < -0.3 is 20.9 Å². The molecule has 0 aliphatic heterocycles. The van der Waals surface area contributed by atoms with Gasteiger partial charge in [0.15, 0.2) is 5.82 Å². The van der Waals surface area contributed by atoms with Crippen LogP contribution in [-0.2, 0) is 18.3 Å². The lowest BCUT2D eigenvalue weighted by Gasteiger charge is -2.38. The molecule has 1 heterocycles. The lowest BCUT2D eigenvalue weighted by Crippen LogP contribution is -2.52. The molecule has 10 nitrogen and oxygen atoms in total. The van der Waals surface area contributed by atoms with Crippen molar-refractivity contribution in [1.29, 1.82) is 0 Å². The highest BCUT2D eigenvalue weighted by atomic mass is 19.1. The molecule has 3 N–H and O–H groups in total. The van der Waals surface area contributed by atoms with Crippen molar-refractivity contribution in [1.82, 2.24) is 35.7 Å². The van der Waals surface area contributed by atoms with E-state index in [-0.39, 0.29) is 35.8 Å². The molecule has 4 rings (SSSR count). The molecule has 1 saturated carbocycles. The van der Waals surface area contributed by atoms with Crippen LogP contribution in [0, 0.1) is 11.7 Å². The summed E-state index contributed by atoms with van der Waals surface area (Å²) in [6.45, 7) is 3.53. The second kappa shape index (κ2) is 14.0. The second-order valence-electron chi connectivity index (χ2n) is 10.6. The van der Waals surface area contributed by atoms with Crippen molar-refractivity contribution in [2.45, 2.75) is 57.5 Å². The van der Waals surface area contributed by atoms with Crippen molar-refractivity contribution >= 4 is 17.6 Å². The third-order valence-electron chi connectivity index (χ3n) is 7.45. The SMILES string of the molecule is CCC(=O)NC1CCC(NC(=O)Nc2cccc(-c3nnnn3C)c2)C(CN(C)CCCc2ccc(F)cc2)C1. The van der Waals surface area contributed by atoms with Gasteiger partial charge in [0, 0.05) is 43.3 Å². The molecule has 40 heavy (non-hydrogen) atoms. The van der Waals surface area contributed by atoms with Crippen molar-refractivity contribution in [3.05, 3.63) is 59.9 Å². The van der Waals surface area contributed by atoms with Crippen LogP contribution in [0.5, 0.6) is 0 Å². The smallest absolute Gasteiger partial charge is 0.319 e. The molecular weight excluding hydrogens is 511 g/mol. The van der Waals surface area contributed by atoms with Crippen LogP contribution in [-0.4, -0.2) is 69.3 Å². The van der Waals surface area contributed by atoms with Crippen molar-refractivity contribution in [2.75, 3.05) is 25.5 Å². The summed E-state index contributed by atoms with van der Waals surface area (Å²) in [5, 5.41) is 20.9. The molecule has 0 bridgehead atoms. The fraction of sp³-hybridized carbons (Fsp3) is 0.483. The van der Waals surface area contributed by atoms with Crippen LogP contribution in [0.4, 0.5) is 14.9 Å². The molecule has 1 aliphatic rings. The molecule has 2 aromatic carbocycles. The number of urea groups is 1. The van der Waals surface area contributed by atoms with Gasteiger partial charge in [-0.1, -0.05) is 31.2 Å². The maximum absolute atomic E-state index is 13.2. The number of carbonyl (C=O) groups is 2. The summed E-state index contributed by atoms with van der Waals surface area (Å²) in [5.41, 5.74) is 2.57. The summed E-state index contributed by atoms with van der Waals surface area (Å²) in [5.74, 6) is 0.618. The molecule has 0 spiro atoms. The molecule has 0 radical (unpaired) electrons. The number of rotatable bonds is 11. The van der Waals surface area contributed by atoms with Gasteiger partial charge in [0.25, 0.3) is 0 Å². The Morgan fingerprint density at radius 2 is 1.93 bits per heavy atom. The molecule has 3 atom stereocenters. The number of aryl methyl sites for hydroxylation is 2. The quantitative estimate of drug-likeness (QED) is 0.335. The van der Waals surface area contributed by atoms with Gasteiger partial charge in [0.2, 0.25) is 5.91 Å². The Kier molecular flexibility index (Phi) is 10.2. The number of amides is 3. The van der Waals surface area contributed by atoms with Gasteiger partial charge in [0.05, 0.1) is 0 Å². The Morgan fingerprint density at radius 3 is 2.65 bits per heavy atom. The van der Waals surface area contributed by atoms with E-state index in [1.54, 1.807) is 11.7 Å². The number of nitrogens with one attached hydrogen (secondary N) is 3. The molecule has 1 aliphatic carbocycles. The van der Waals surface area contributed by atoms with Crippen molar-refractivity contribution in [3.8, 4) is 11.4 Å². The third-order valence-corrected chi connectivity index (χ3v) is 7.45. The maximum Gasteiger partial charge on any atom is 0.319 e. The average Bonchev–Trinajstić information content (AvgIpc) is 3.37. The van der Waals surface area contributed by atoms with E-state index in [0.717, 1.165) is 56.3 Å². The van der Waals surface area contributed by atoms with Gasteiger partial charge in [-0.15, -0.1) is 5.10 Å². The minimum atomic E-state index is -0.266. The minimum Gasteiger partial charge on any atom is -0.353 e. The number of anilines is 1. The first-order valence-electron chi connectivity index (χ1n) is 13.9. The number of halogens is 1. The van der Waals surface area contributed by atoms with Crippen LogP contribution in [0.25, 0.3) is 11.4 Å². The molecular formula is C29H39FN8O2. The zero-order valence-electron chi connectivity index (χ0n) is 23.4. The van der Waals surface area contributed by atoms with Crippen molar-refractivity contribution in [3.63, 3.8) is 0 Å². The first-order valence-corrected chi connectivity index (χ1v) is 13.9. The highest BCUT2D eigenvalue weighted by Gasteiger charge is 2.33. The molecule has 1 fully saturated rings. The van der Waals surface area contributed by atoms with E-state index in [9.17, 15) is 14.0 Å².